The van der Waals surface area contributed by atoms with Gasteiger partial charge >= 0.3 is 0 Å². The van der Waals surface area contributed by atoms with Crippen LogP contribution in [0.5, 0.6) is 0 Å². The molecule has 0 radical (unpaired) electrons. The van der Waals surface area contributed by atoms with Crippen LogP contribution in [0.2, 0.25) is 0 Å². The predicted molar refractivity (Wildman–Crippen MR) is 115 cm³/mol. The Labute approximate surface area is 172 Å². The lowest BCUT2D eigenvalue weighted by molar-refractivity contribution is -0.138. The van der Waals surface area contributed by atoms with E-state index < -0.39 is 0 Å². The summed E-state index contributed by atoms with van der Waals surface area (Å²) in [6.45, 7) is 9.98. The molecule has 0 N–H and O–H groups in total. The number of benzene rings is 2. The fourth-order valence-corrected chi connectivity index (χ4v) is 4.41. The highest BCUT2D eigenvalue weighted by Gasteiger charge is 2.42. The monoisotopic (exact) mass is 388 g/mol. The van der Waals surface area contributed by atoms with E-state index >= 15 is 0 Å². The Hall–Kier alpha value is -2.88. The molecule has 2 amide bonds. The van der Waals surface area contributed by atoms with Gasteiger partial charge in [0.15, 0.2) is 0 Å². The van der Waals surface area contributed by atoms with Crippen LogP contribution < -0.4 is 0 Å². The van der Waals surface area contributed by atoms with Crippen LogP contribution in [0.1, 0.15) is 41.7 Å². The standard InChI is InChI=1S/C25H28N2O2/c1-16(2)14-27-24(28)22(21-10-9-17(3)13-18(21)4)23(25(27)29)26-12-11-19-7-5-6-8-20(19)15-26/h5-10,13,16H,11-12,14-15H2,1-4H3. The van der Waals surface area contributed by atoms with E-state index in [1.807, 2.05) is 45.9 Å². The molecular weight excluding hydrogens is 360 g/mol. The van der Waals surface area contributed by atoms with E-state index in [1.165, 1.54) is 16.0 Å². The number of hydrogen-bond acceptors (Lipinski definition) is 3. The van der Waals surface area contributed by atoms with Gasteiger partial charge in [0.25, 0.3) is 11.8 Å². The van der Waals surface area contributed by atoms with Crippen LogP contribution in [0.25, 0.3) is 5.57 Å². The highest BCUT2D eigenvalue weighted by Crippen LogP contribution is 2.36. The first-order valence-corrected chi connectivity index (χ1v) is 10.4. The number of amides is 2. The summed E-state index contributed by atoms with van der Waals surface area (Å²) in [5, 5.41) is 0. The summed E-state index contributed by atoms with van der Waals surface area (Å²) in [6, 6.07) is 14.4. The van der Waals surface area contributed by atoms with Gasteiger partial charge in [-0.25, -0.2) is 0 Å². The molecule has 29 heavy (non-hydrogen) atoms. The molecule has 2 aliphatic heterocycles. The molecule has 0 aliphatic carbocycles. The topological polar surface area (TPSA) is 40.6 Å². The number of aryl methyl sites for hydroxylation is 2. The molecule has 4 heteroatoms. The number of carbonyl (C=O) groups excluding carboxylic acids is 2. The SMILES string of the molecule is Cc1ccc(C2=C(N3CCc4ccccc4C3)C(=O)N(CC(C)C)C2=O)c(C)c1. The molecule has 0 atom stereocenters. The number of hydrogen-bond donors (Lipinski definition) is 0. The van der Waals surface area contributed by atoms with Gasteiger partial charge in [-0.1, -0.05) is 61.9 Å². The van der Waals surface area contributed by atoms with Gasteiger partial charge in [0.1, 0.15) is 5.70 Å². The lowest BCUT2D eigenvalue weighted by atomic mass is 9.95. The van der Waals surface area contributed by atoms with E-state index in [0.29, 0.717) is 24.4 Å². The van der Waals surface area contributed by atoms with Crippen LogP contribution in [0.3, 0.4) is 0 Å². The summed E-state index contributed by atoms with van der Waals surface area (Å²) in [6.07, 6.45) is 0.880. The smallest absolute Gasteiger partial charge is 0.277 e. The van der Waals surface area contributed by atoms with Crippen molar-refractivity contribution in [3.8, 4) is 0 Å². The zero-order valence-corrected chi connectivity index (χ0v) is 17.7. The normalized spacial score (nSPS) is 16.9. The minimum atomic E-state index is -0.162. The Balaban J connectivity index is 1.82. The first-order chi connectivity index (χ1) is 13.9. The quantitative estimate of drug-likeness (QED) is 0.741. The van der Waals surface area contributed by atoms with E-state index in [-0.39, 0.29) is 17.7 Å². The molecule has 0 saturated carbocycles. The van der Waals surface area contributed by atoms with Crippen molar-refractivity contribution in [1.29, 1.82) is 0 Å². The molecule has 4 rings (SSSR count). The molecule has 2 heterocycles. The van der Waals surface area contributed by atoms with Gasteiger partial charge in [0, 0.05) is 19.6 Å². The van der Waals surface area contributed by atoms with Crippen molar-refractivity contribution in [2.75, 3.05) is 13.1 Å². The van der Waals surface area contributed by atoms with Crippen molar-refractivity contribution in [2.24, 2.45) is 5.92 Å². The summed E-state index contributed by atoms with van der Waals surface area (Å²) in [5.74, 6) is -0.0905. The van der Waals surface area contributed by atoms with Crippen molar-refractivity contribution >= 4 is 17.4 Å². The molecule has 150 valence electrons. The largest absolute Gasteiger partial charge is 0.362 e. The molecule has 0 aromatic heterocycles. The van der Waals surface area contributed by atoms with Gasteiger partial charge in [-0.15, -0.1) is 0 Å². The van der Waals surface area contributed by atoms with Crippen LogP contribution in [-0.4, -0.2) is 34.7 Å². The third-order valence-electron chi connectivity index (χ3n) is 5.79. The fourth-order valence-electron chi connectivity index (χ4n) is 4.41. The van der Waals surface area contributed by atoms with Crippen LogP contribution >= 0.6 is 0 Å². The number of nitrogens with zero attached hydrogens (tertiary/aromatic N) is 2. The third-order valence-corrected chi connectivity index (χ3v) is 5.79. The van der Waals surface area contributed by atoms with Gasteiger partial charge in [-0.2, -0.15) is 0 Å². The first kappa shape index (κ1) is 19.4. The number of imide groups is 1. The second-order valence-electron chi connectivity index (χ2n) is 8.60. The van der Waals surface area contributed by atoms with Crippen molar-refractivity contribution in [1.82, 2.24) is 9.80 Å². The zero-order chi connectivity index (χ0) is 20.7. The van der Waals surface area contributed by atoms with E-state index in [9.17, 15) is 9.59 Å². The predicted octanol–water partition coefficient (Wildman–Crippen LogP) is 4.10. The minimum Gasteiger partial charge on any atom is -0.362 e. The minimum absolute atomic E-state index is 0.155. The van der Waals surface area contributed by atoms with Crippen molar-refractivity contribution in [3.63, 3.8) is 0 Å². The fraction of sp³-hybridized carbons (Fsp3) is 0.360. The Kier molecular flexibility index (Phi) is 5.03. The van der Waals surface area contributed by atoms with Gasteiger partial charge in [-0.3, -0.25) is 14.5 Å². The van der Waals surface area contributed by atoms with Crippen LogP contribution in [0.4, 0.5) is 0 Å². The van der Waals surface area contributed by atoms with Crippen molar-refractivity contribution < 1.29 is 9.59 Å². The maximum absolute atomic E-state index is 13.4. The highest BCUT2D eigenvalue weighted by molar-refractivity contribution is 6.35. The van der Waals surface area contributed by atoms with Gasteiger partial charge in [-0.05, 0) is 48.4 Å². The molecule has 0 unspecified atom stereocenters. The summed E-state index contributed by atoms with van der Waals surface area (Å²) in [5.41, 5.74) is 6.74. The van der Waals surface area contributed by atoms with E-state index in [0.717, 1.165) is 29.7 Å². The molecule has 2 aliphatic rings. The maximum atomic E-state index is 13.4. The van der Waals surface area contributed by atoms with E-state index in [1.54, 1.807) is 0 Å². The van der Waals surface area contributed by atoms with Gasteiger partial charge in [0.2, 0.25) is 0 Å². The summed E-state index contributed by atoms with van der Waals surface area (Å²) >= 11 is 0. The third kappa shape index (κ3) is 3.48. The molecule has 0 spiro atoms. The zero-order valence-electron chi connectivity index (χ0n) is 17.7. The van der Waals surface area contributed by atoms with Crippen molar-refractivity contribution in [2.45, 2.75) is 40.7 Å². The molecule has 2 aromatic rings. The van der Waals surface area contributed by atoms with Gasteiger partial charge < -0.3 is 4.90 Å². The second-order valence-corrected chi connectivity index (χ2v) is 8.60. The molecular formula is C25H28N2O2. The Bertz CT molecular complexity index is 1020. The average molecular weight is 389 g/mol. The van der Waals surface area contributed by atoms with Crippen LogP contribution in [-0.2, 0) is 22.6 Å². The summed E-state index contributed by atoms with van der Waals surface area (Å²) in [7, 11) is 0. The molecule has 2 aromatic carbocycles. The van der Waals surface area contributed by atoms with E-state index in [4.69, 9.17) is 0 Å². The Morgan fingerprint density at radius 1 is 0.966 bits per heavy atom. The lowest BCUT2D eigenvalue weighted by Gasteiger charge is -2.31. The molecule has 0 bridgehead atoms. The van der Waals surface area contributed by atoms with Crippen molar-refractivity contribution in [3.05, 3.63) is 76.0 Å². The van der Waals surface area contributed by atoms with Crippen LogP contribution in [0, 0.1) is 19.8 Å². The lowest BCUT2D eigenvalue weighted by Crippen LogP contribution is -2.38. The van der Waals surface area contributed by atoms with E-state index in [2.05, 4.69) is 29.2 Å². The average Bonchev–Trinajstić information content (AvgIpc) is 2.92. The second kappa shape index (κ2) is 7.51. The first-order valence-electron chi connectivity index (χ1n) is 10.4. The van der Waals surface area contributed by atoms with Crippen LogP contribution in [0.15, 0.2) is 48.2 Å². The summed E-state index contributed by atoms with van der Waals surface area (Å²) in [4.78, 5) is 30.4. The Morgan fingerprint density at radius 3 is 2.38 bits per heavy atom. The highest BCUT2D eigenvalue weighted by atomic mass is 16.2. The van der Waals surface area contributed by atoms with Gasteiger partial charge in [0.05, 0.1) is 5.57 Å². The molecule has 0 fully saturated rings. The number of carbonyl (C=O) groups is 2. The number of rotatable bonds is 4. The Morgan fingerprint density at radius 2 is 1.69 bits per heavy atom. The summed E-state index contributed by atoms with van der Waals surface area (Å²) < 4.78 is 0. The number of fused-ring (bicyclic) bond motifs is 1. The molecule has 4 nitrogen and oxygen atoms in total. The maximum Gasteiger partial charge on any atom is 0.277 e. The molecule has 0 saturated heterocycles.